The van der Waals surface area contributed by atoms with Gasteiger partial charge in [0.25, 0.3) is 0 Å². The fourth-order valence-electron chi connectivity index (χ4n) is 0.510. The van der Waals surface area contributed by atoms with Crippen LogP contribution in [-0.4, -0.2) is 14.9 Å². The first kappa shape index (κ1) is 9.20. The van der Waals surface area contributed by atoms with Crippen LogP contribution >= 0.6 is 11.3 Å². The molecule has 0 bridgehead atoms. The van der Waals surface area contributed by atoms with Crippen molar-refractivity contribution in [3.8, 4) is 0 Å². The standard InChI is InChI=1S/C4H3F3N2O2S/c5-4(6,7)2-8-9(1-10)3(11)12-2/h10H,1H2. The van der Waals surface area contributed by atoms with Gasteiger partial charge in [-0.1, -0.05) is 0 Å². The van der Waals surface area contributed by atoms with Crippen LogP contribution in [0.2, 0.25) is 0 Å². The molecule has 0 spiro atoms. The molecule has 1 rings (SSSR count). The molecule has 0 unspecified atom stereocenters. The summed E-state index contributed by atoms with van der Waals surface area (Å²) in [5.41, 5.74) is 0. The fraction of sp³-hybridized carbons (Fsp3) is 0.500. The number of aliphatic hydroxyl groups is 1. The van der Waals surface area contributed by atoms with Crippen LogP contribution in [0, 0.1) is 0 Å². The third-order valence-electron chi connectivity index (χ3n) is 0.983. The molecule has 68 valence electrons. The van der Waals surface area contributed by atoms with Crippen LogP contribution in [0.3, 0.4) is 0 Å². The zero-order valence-corrected chi connectivity index (χ0v) is 6.32. The van der Waals surface area contributed by atoms with Crippen molar-refractivity contribution in [1.29, 1.82) is 0 Å². The van der Waals surface area contributed by atoms with Gasteiger partial charge in [-0.15, -0.1) is 0 Å². The molecule has 1 N–H and O–H groups in total. The summed E-state index contributed by atoms with van der Waals surface area (Å²) in [6, 6.07) is 0. The molecule has 8 heteroatoms. The average Bonchev–Trinajstić information content (AvgIpc) is 2.29. The number of hydrogen-bond acceptors (Lipinski definition) is 4. The number of nitrogens with zero attached hydrogens (tertiary/aromatic N) is 2. The van der Waals surface area contributed by atoms with E-state index in [1.807, 2.05) is 0 Å². The highest BCUT2D eigenvalue weighted by Gasteiger charge is 2.36. The van der Waals surface area contributed by atoms with Gasteiger partial charge in [-0.05, 0) is 11.3 Å². The molecule has 1 aromatic heterocycles. The Bertz CT molecular complexity index is 328. The highest BCUT2D eigenvalue weighted by atomic mass is 32.1. The molecule has 0 saturated heterocycles. The Balaban J connectivity index is 3.14. The van der Waals surface area contributed by atoms with E-state index in [1.165, 1.54) is 0 Å². The molecule has 0 amide bonds. The Kier molecular flexibility index (Phi) is 2.20. The first-order chi connectivity index (χ1) is 5.45. The van der Waals surface area contributed by atoms with Gasteiger partial charge in [-0.25, -0.2) is 0 Å². The van der Waals surface area contributed by atoms with E-state index in [0.29, 0.717) is 4.68 Å². The van der Waals surface area contributed by atoms with Crippen LogP contribution in [0.25, 0.3) is 0 Å². The second-order valence-corrected chi connectivity index (χ2v) is 2.75. The van der Waals surface area contributed by atoms with Gasteiger partial charge in [-0.3, -0.25) is 4.79 Å². The minimum Gasteiger partial charge on any atom is -0.374 e. The maximum Gasteiger partial charge on any atom is 0.445 e. The van der Waals surface area contributed by atoms with Gasteiger partial charge in [0.2, 0.25) is 5.01 Å². The van der Waals surface area contributed by atoms with E-state index in [9.17, 15) is 18.0 Å². The number of aromatic nitrogens is 2. The zero-order valence-electron chi connectivity index (χ0n) is 5.50. The SMILES string of the molecule is O=c1sc(C(F)(F)F)nn1CO. The summed E-state index contributed by atoms with van der Waals surface area (Å²) in [6.07, 6.45) is -4.62. The molecule has 0 aromatic carbocycles. The van der Waals surface area contributed by atoms with Gasteiger partial charge in [0, 0.05) is 0 Å². The lowest BCUT2D eigenvalue weighted by molar-refractivity contribution is -0.138. The van der Waals surface area contributed by atoms with E-state index in [-0.39, 0.29) is 11.3 Å². The van der Waals surface area contributed by atoms with Crippen molar-refractivity contribution in [2.24, 2.45) is 0 Å². The normalized spacial score (nSPS) is 12.0. The Labute approximate surface area is 67.9 Å². The van der Waals surface area contributed by atoms with Crippen molar-refractivity contribution in [2.75, 3.05) is 0 Å². The zero-order chi connectivity index (χ0) is 9.35. The molecule has 0 aliphatic heterocycles. The number of hydrogen-bond donors (Lipinski definition) is 1. The van der Waals surface area contributed by atoms with Crippen molar-refractivity contribution in [2.45, 2.75) is 12.9 Å². The van der Waals surface area contributed by atoms with E-state index in [1.54, 1.807) is 0 Å². The molecule has 0 aliphatic rings. The molecule has 1 heterocycles. The van der Waals surface area contributed by atoms with Gasteiger partial charge < -0.3 is 5.11 Å². The second kappa shape index (κ2) is 2.87. The van der Waals surface area contributed by atoms with Gasteiger partial charge in [0.1, 0.15) is 6.73 Å². The number of alkyl halides is 3. The predicted molar refractivity (Wildman–Crippen MR) is 33.6 cm³/mol. The number of aliphatic hydroxyl groups excluding tert-OH is 1. The molecular formula is C4H3F3N2O2S. The van der Waals surface area contributed by atoms with Crippen molar-refractivity contribution >= 4 is 11.3 Å². The van der Waals surface area contributed by atoms with E-state index in [4.69, 9.17) is 5.11 Å². The quantitative estimate of drug-likeness (QED) is 0.708. The molecule has 1 aromatic rings. The van der Waals surface area contributed by atoms with Crippen molar-refractivity contribution in [1.82, 2.24) is 9.78 Å². The van der Waals surface area contributed by atoms with Gasteiger partial charge >= 0.3 is 11.0 Å². The number of rotatable bonds is 1. The molecule has 12 heavy (non-hydrogen) atoms. The maximum atomic E-state index is 11.8. The summed E-state index contributed by atoms with van der Waals surface area (Å²) in [4.78, 5) is 9.65. The van der Waals surface area contributed by atoms with Crippen LogP contribution < -0.4 is 4.87 Å². The summed E-state index contributed by atoms with van der Waals surface area (Å²) in [7, 11) is 0. The molecular weight excluding hydrogens is 197 g/mol. The fourth-order valence-corrected chi connectivity index (χ4v) is 1.13. The number of halogens is 3. The Morgan fingerprint density at radius 2 is 2.17 bits per heavy atom. The van der Waals surface area contributed by atoms with Gasteiger partial charge in [0.05, 0.1) is 0 Å². The first-order valence-electron chi connectivity index (χ1n) is 2.71. The summed E-state index contributed by atoms with van der Waals surface area (Å²) >= 11 is -0.0428. The van der Waals surface area contributed by atoms with Crippen LogP contribution in [-0.2, 0) is 12.9 Å². The Morgan fingerprint density at radius 3 is 2.42 bits per heavy atom. The Morgan fingerprint density at radius 1 is 1.58 bits per heavy atom. The average molecular weight is 200 g/mol. The first-order valence-corrected chi connectivity index (χ1v) is 3.53. The van der Waals surface area contributed by atoms with Gasteiger partial charge in [0.15, 0.2) is 0 Å². The molecule has 0 aliphatic carbocycles. The van der Waals surface area contributed by atoms with Crippen LogP contribution in [0.4, 0.5) is 13.2 Å². The van der Waals surface area contributed by atoms with E-state index in [2.05, 4.69) is 5.10 Å². The summed E-state index contributed by atoms with van der Waals surface area (Å²) < 4.78 is 35.8. The van der Waals surface area contributed by atoms with Crippen LogP contribution in [0.1, 0.15) is 5.01 Å². The molecule has 0 radical (unpaired) electrons. The minimum absolute atomic E-state index is 0.0428. The third-order valence-corrected chi connectivity index (χ3v) is 1.87. The smallest absolute Gasteiger partial charge is 0.374 e. The molecule has 0 atom stereocenters. The van der Waals surface area contributed by atoms with E-state index in [0.717, 1.165) is 0 Å². The summed E-state index contributed by atoms with van der Waals surface area (Å²) in [6.45, 7) is -0.842. The van der Waals surface area contributed by atoms with Crippen molar-refractivity contribution in [3.63, 3.8) is 0 Å². The van der Waals surface area contributed by atoms with E-state index >= 15 is 0 Å². The molecule has 0 fully saturated rings. The van der Waals surface area contributed by atoms with Crippen LogP contribution in [0.15, 0.2) is 4.79 Å². The maximum absolute atomic E-state index is 11.8. The lowest BCUT2D eigenvalue weighted by Crippen LogP contribution is -2.14. The van der Waals surface area contributed by atoms with Crippen molar-refractivity contribution < 1.29 is 18.3 Å². The van der Waals surface area contributed by atoms with Crippen LogP contribution in [0.5, 0.6) is 0 Å². The second-order valence-electron chi connectivity index (χ2n) is 1.81. The van der Waals surface area contributed by atoms with Gasteiger partial charge in [-0.2, -0.15) is 23.0 Å². The third kappa shape index (κ3) is 1.64. The molecule has 0 saturated carbocycles. The predicted octanol–water partition coefficient (Wildman–Crippen LogP) is 0.273. The molecule has 4 nitrogen and oxygen atoms in total. The minimum atomic E-state index is -4.62. The highest BCUT2D eigenvalue weighted by Crippen LogP contribution is 2.28. The lowest BCUT2D eigenvalue weighted by Gasteiger charge is -1.97. The monoisotopic (exact) mass is 200 g/mol. The Hall–Kier alpha value is -0.890. The summed E-state index contributed by atoms with van der Waals surface area (Å²) in [5.74, 6) is 0. The highest BCUT2D eigenvalue weighted by molar-refractivity contribution is 7.09. The largest absolute Gasteiger partial charge is 0.445 e. The lowest BCUT2D eigenvalue weighted by atomic mass is 10.7. The topological polar surface area (TPSA) is 55.1 Å². The van der Waals surface area contributed by atoms with Crippen molar-refractivity contribution in [3.05, 3.63) is 14.7 Å². The summed E-state index contributed by atoms with van der Waals surface area (Å²) in [5, 5.41) is 9.94. The van der Waals surface area contributed by atoms with E-state index < -0.39 is 22.8 Å².